The second kappa shape index (κ2) is 7.93. The third-order valence-electron chi connectivity index (χ3n) is 5.81. The highest BCUT2D eigenvalue weighted by Gasteiger charge is 2.38. The normalized spacial score (nSPS) is 21.6. The van der Waals surface area contributed by atoms with E-state index in [9.17, 15) is 14.0 Å². The predicted octanol–water partition coefficient (Wildman–Crippen LogP) is 4.18. The van der Waals surface area contributed by atoms with Gasteiger partial charge in [-0.1, -0.05) is 24.1 Å². The molecule has 0 bridgehead atoms. The number of aliphatic hydroxyl groups excluding tert-OH is 1. The third kappa shape index (κ3) is 3.61. The van der Waals surface area contributed by atoms with Crippen molar-refractivity contribution in [3.63, 3.8) is 0 Å². The number of thiophene rings is 1. The molecular formula is C21H21ClFNO3S. The summed E-state index contributed by atoms with van der Waals surface area (Å²) in [5.41, 5.74) is 1.94. The van der Waals surface area contributed by atoms with Gasteiger partial charge in [-0.25, -0.2) is 4.39 Å². The lowest BCUT2D eigenvalue weighted by Gasteiger charge is -2.31. The number of carbonyl (C=O) groups is 2. The van der Waals surface area contributed by atoms with Gasteiger partial charge in [0.1, 0.15) is 12.4 Å². The van der Waals surface area contributed by atoms with Crippen molar-refractivity contribution >= 4 is 34.6 Å². The number of nitrogens with zero attached hydrogens (tertiary/aromatic N) is 1. The highest BCUT2D eigenvalue weighted by atomic mass is 35.5. The van der Waals surface area contributed by atoms with E-state index >= 15 is 0 Å². The maximum Gasteiger partial charge on any atom is 0.226 e. The molecule has 1 aliphatic carbocycles. The number of Topliss-reactive ketones (excluding diaryl/α,β-unsaturated/α-hetero) is 1. The molecule has 2 heterocycles. The molecule has 1 aromatic carbocycles. The van der Waals surface area contributed by atoms with E-state index in [4.69, 9.17) is 16.7 Å². The molecule has 2 aromatic rings. The Labute approximate surface area is 171 Å². The van der Waals surface area contributed by atoms with Crippen LogP contribution >= 0.6 is 22.9 Å². The van der Waals surface area contributed by atoms with E-state index in [1.54, 1.807) is 6.07 Å². The van der Waals surface area contributed by atoms with Crippen LogP contribution < -0.4 is 0 Å². The molecule has 0 spiro atoms. The van der Waals surface area contributed by atoms with Crippen molar-refractivity contribution in [2.75, 3.05) is 13.2 Å². The van der Waals surface area contributed by atoms with Gasteiger partial charge >= 0.3 is 0 Å². The van der Waals surface area contributed by atoms with Gasteiger partial charge in [0.2, 0.25) is 5.91 Å². The average Bonchev–Trinajstić information content (AvgIpc) is 3.33. The summed E-state index contributed by atoms with van der Waals surface area (Å²) in [6.45, 7) is 0.623. The lowest BCUT2D eigenvalue weighted by molar-refractivity contribution is -0.136. The fourth-order valence-electron chi connectivity index (χ4n) is 4.39. The smallest absolute Gasteiger partial charge is 0.226 e. The van der Waals surface area contributed by atoms with Crippen molar-refractivity contribution in [2.45, 2.75) is 38.1 Å². The molecule has 4 rings (SSSR count). The first-order valence-electron chi connectivity index (χ1n) is 9.47. The number of benzene rings is 1. The Morgan fingerprint density at radius 2 is 2.11 bits per heavy atom. The maximum absolute atomic E-state index is 13.4. The Morgan fingerprint density at radius 3 is 2.86 bits per heavy atom. The highest BCUT2D eigenvalue weighted by molar-refractivity contribution is 7.14. The van der Waals surface area contributed by atoms with Gasteiger partial charge in [-0.05, 0) is 54.5 Å². The molecule has 1 amide bonds. The number of aliphatic hydroxyl groups is 1. The number of carbonyl (C=O) groups excluding carboxylic acids is 2. The number of ketones is 1. The molecule has 0 saturated heterocycles. The van der Waals surface area contributed by atoms with Crippen LogP contribution in [0.25, 0.3) is 0 Å². The molecule has 1 aromatic heterocycles. The minimum absolute atomic E-state index is 0.0110. The minimum atomic E-state index is -0.496. The predicted molar refractivity (Wildman–Crippen MR) is 106 cm³/mol. The van der Waals surface area contributed by atoms with Crippen LogP contribution in [0.1, 0.15) is 50.9 Å². The van der Waals surface area contributed by atoms with Crippen LogP contribution in [0.4, 0.5) is 4.39 Å². The average molecular weight is 422 g/mol. The first-order valence-corrected chi connectivity index (χ1v) is 10.7. The molecule has 28 heavy (non-hydrogen) atoms. The number of amides is 1. The quantitative estimate of drug-likeness (QED) is 0.753. The summed E-state index contributed by atoms with van der Waals surface area (Å²) >= 11 is 7.63. The first-order chi connectivity index (χ1) is 13.5. The van der Waals surface area contributed by atoms with Crippen LogP contribution in [-0.2, 0) is 17.8 Å². The van der Waals surface area contributed by atoms with E-state index in [-0.39, 0.29) is 29.3 Å². The zero-order valence-electron chi connectivity index (χ0n) is 15.3. The molecule has 2 unspecified atom stereocenters. The summed E-state index contributed by atoms with van der Waals surface area (Å²) in [6, 6.07) is 6.26. The summed E-state index contributed by atoms with van der Waals surface area (Å²) in [4.78, 5) is 28.5. The molecule has 1 fully saturated rings. The van der Waals surface area contributed by atoms with Crippen molar-refractivity contribution in [2.24, 2.45) is 5.92 Å². The molecule has 148 valence electrons. The van der Waals surface area contributed by atoms with Gasteiger partial charge in [0.05, 0.1) is 11.4 Å². The van der Waals surface area contributed by atoms with Crippen LogP contribution in [0.15, 0.2) is 24.3 Å². The van der Waals surface area contributed by atoms with Crippen LogP contribution in [0, 0.1) is 11.7 Å². The van der Waals surface area contributed by atoms with Crippen LogP contribution in [0.3, 0.4) is 0 Å². The van der Waals surface area contributed by atoms with Crippen molar-refractivity contribution < 1.29 is 19.1 Å². The minimum Gasteiger partial charge on any atom is -0.388 e. The van der Waals surface area contributed by atoms with E-state index in [2.05, 4.69) is 0 Å². The lowest BCUT2D eigenvalue weighted by atomic mass is 9.87. The molecule has 1 N–H and O–H groups in total. The van der Waals surface area contributed by atoms with Gasteiger partial charge < -0.3 is 10.0 Å². The summed E-state index contributed by atoms with van der Waals surface area (Å²) in [5, 5.41) is 9.45. The zero-order chi connectivity index (χ0) is 19.8. The van der Waals surface area contributed by atoms with Crippen LogP contribution in [0.2, 0.25) is 5.02 Å². The number of halogens is 2. The molecule has 1 saturated carbocycles. The summed E-state index contributed by atoms with van der Waals surface area (Å²) in [7, 11) is 0. The lowest BCUT2D eigenvalue weighted by Crippen LogP contribution is -2.40. The monoisotopic (exact) mass is 421 g/mol. The molecule has 4 nitrogen and oxygen atoms in total. The summed E-state index contributed by atoms with van der Waals surface area (Å²) in [5.74, 6) is -0.681. The Morgan fingerprint density at radius 1 is 1.29 bits per heavy atom. The Hall–Kier alpha value is -1.76. The molecular weight excluding hydrogens is 401 g/mol. The number of hydrogen-bond acceptors (Lipinski definition) is 4. The van der Waals surface area contributed by atoms with E-state index < -0.39 is 6.61 Å². The van der Waals surface area contributed by atoms with E-state index in [1.807, 2.05) is 11.0 Å². The number of hydrogen-bond donors (Lipinski definition) is 1. The van der Waals surface area contributed by atoms with Crippen molar-refractivity contribution in [3.8, 4) is 0 Å². The molecule has 0 radical (unpaired) electrons. The van der Waals surface area contributed by atoms with Crippen molar-refractivity contribution in [1.29, 1.82) is 0 Å². The van der Waals surface area contributed by atoms with Gasteiger partial charge in [0, 0.05) is 22.4 Å². The van der Waals surface area contributed by atoms with Crippen LogP contribution in [0.5, 0.6) is 0 Å². The summed E-state index contributed by atoms with van der Waals surface area (Å²) in [6.07, 6.45) is 3.33. The second-order valence-electron chi connectivity index (χ2n) is 7.46. The first kappa shape index (κ1) is 19.6. The Bertz CT molecular complexity index is 928. The van der Waals surface area contributed by atoms with Gasteiger partial charge in [-0.15, -0.1) is 11.3 Å². The van der Waals surface area contributed by atoms with Gasteiger partial charge in [-0.3, -0.25) is 9.59 Å². The van der Waals surface area contributed by atoms with Gasteiger partial charge in [0.25, 0.3) is 0 Å². The second-order valence-corrected chi connectivity index (χ2v) is 9.00. The maximum atomic E-state index is 13.4. The molecule has 2 atom stereocenters. The standard InChI is InChI=1S/C21H21ClFNO3S/c22-17-9-13(23)4-5-15(17)14-2-1-3-16(14)21(27)24-7-6-12-8-19(18(26)11-25)28-20(12)10-24/h4-5,8-9,14,16,25H,1-3,6-7,10-11H2. The van der Waals surface area contributed by atoms with Gasteiger partial charge in [-0.2, -0.15) is 0 Å². The fraction of sp³-hybridized carbons (Fsp3) is 0.429. The number of rotatable bonds is 4. The van der Waals surface area contributed by atoms with Crippen molar-refractivity contribution in [1.82, 2.24) is 4.90 Å². The van der Waals surface area contributed by atoms with E-state index in [0.717, 1.165) is 35.3 Å². The molecule has 2 aliphatic rings. The molecule has 7 heteroatoms. The third-order valence-corrected chi connectivity index (χ3v) is 7.34. The molecule has 1 aliphatic heterocycles. The van der Waals surface area contributed by atoms with E-state index in [0.29, 0.717) is 29.4 Å². The van der Waals surface area contributed by atoms with Gasteiger partial charge in [0.15, 0.2) is 5.78 Å². The Balaban J connectivity index is 1.52. The zero-order valence-corrected chi connectivity index (χ0v) is 16.9. The highest BCUT2D eigenvalue weighted by Crippen LogP contribution is 2.44. The summed E-state index contributed by atoms with van der Waals surface area (Å²) < 4.78 is 13.4. The Kier molecular flexibility index (Phi) is 5.54. The number of fused-ring (bicyclic) bond motifs is 1. The van der Waals surface area contributed by atoms with Crippen LogP contribution in [-0.4, -0.2) is 34.8 Å². The topological polar surface area (TPSA) is 57.6 Å². The van der Waals surface area contributed by atoms with E-state index in [1.165, 1.54) is 23.5 Å². The largest absolute Gasteiger partial charge is 0.388 e. The SMILES string of the molecule is O=C(CO)c1cc2c(s1)CN(C(=O)C1CCCC1c1ccc(F)cc1Cl)CC2. The van der Waals surface area contributed by atoms with Crippen molar-refractivity contribution in [3.05, 3.63) is 56.0 Å². The fourth-order valence-corrected chi connectivity index (χ4v) is 5.85.